The zero-order valence-electron chi connectivity index (χ0n) is 20.0. The molecule has 0 aliphatic carbocycles. The summed E-state index contributed by atoms with van der Waals surface area (Å²) in [6.45, 7) is 7.68. The average molecular weight is 503 g/mol. The largest absolute Gasteiger partial charge is 0.486 e. The van der Waals surface area contributed by atoms with Gasteiger partial charge < -0.3 is 19.1 Å². The van der Waals surface area contributed by atoms with Crippen LogP contribution in [0.5, 0.6) is 11.5 Å². The molecular formula is C25H30N2O7S. The molecule has 0 aromatic heterocycles. The van der Waals surface area contributed by atoms with Crippen molar-refractivity contribution in [3.8, 4) is 11.5 Å². The Kier molecular flexibility index (Phi) is 7.20. The van der Waals surface area contributed by atoms with Gasteiger partial charge in [0.1, 0.15) is 13.2 Å². The van der Waals surface area contributed by atoms with Crippen molar-refractivity contribution in [2.45, 2.75) is 38.2 Å². The monoisotopic (exact) mass is 502 g/mol. The number of likely N-dealkylation sites (tertiary alicyclic amines) is 1. The number of benzene rings is 2. The smallest absolute Gasteiger partial charge is 0.341 e. The minimum atomic E-state index is -4.05. The van der Waals surface area contributed by atoms with Gasteiger partial charge in [-0.3, -0.25) is 9.52 Å². The lowest BCUT2D eigenvalue weighted by Gasteiger charge is -2.36. The molecule has 4 rings (SSSR count). The van der Waals surface area contributed by atoms with Gasteiger partial charge in [0.15, 0.2) is 17.6 Å². The van der Waals surface area contributed by atoms with E-state index in [1.54, 1.807) is 17.0 Å². The Morgan fingerprint density at radius 1 is 1.03 bits per heavy atom. The topological polar surface area (TPSA) is 111 Å². The number of hydrogen-bond acceptors (Lipinski definition) is 7. The summed E-state index contributed by atoms with van der Waals surface area (Å²) in [5, 5.41) is 0. The van der Waals surface area contributed by atoms with E-state index in [2.05, 4.69) is 18.6 Å². The Morgan fingerprint density at radius 2 is 1.69 bits per heavy atom. The summed E-state index contributed by atoms with van der Waals surface area (Å²) in [5.41, 5.74) is 0.0564. The molecule has 1 fully saturated rings. The molecule has 188 valence electrons. The molecule has 0 unspecified atom stereocenters. The Labute approximate surface area is 205 Å². The van der Waals surface area contributed by atoms with Crippen LogP contribution in [0.1, 0.15) is 37.6 Å². The second-order valence-corrected chi connectivity index (χ2v) is 10.9. The number of piperidine rings is 1. The summed E-state index contributed by atoms with van der Waals surface area (Å²) in [4.78, 5) is 27.5. The number of esters is 1. The van der Waals surface area contributed by atoms with Gasteiger partial charge in [-0.15, -0.1) is 0 Å². The molecule has 0 bridgehead atoms. The van der Waals surface area contributed by atoms with E-state index in [1.165, 1.54) is 37.3 Å². The first kappa shape index (κ1) is 24.8. The number of carbonyl (C=O) groups is 2. The highest BCUT2D eigenvalue weighted by Gasteiger charge is 2.31. The van der Waals surface area contributed by atoms with Gasteiger partial charge in [-0.05, 0) is 49.4 Å². The minimum absolute atomic E-state index is 0.00801. The van der Waals surface area contributed by atoms with Crippen LogP contribution in [-0.4, -0.2) is 57.6 Å². The van der Waals surface area contributed by atoms with Gasteiger partial charge in [0, 0.05) is 19.2 Å². The first-order valence-corrected chi connectivity index (χ1v) is 13.1. The zero-order valence-corrected chi connectivity index (χ0v) is 20.8. The maximum Gasteiger partial charge on any atom is 0.341 e. The van der Waals surface area contributed by atoms with Gasteiger partial charge in [-0.2, -0.15) is 0 Å². The summed E-state index contributed by atoms with van der Waals surface area (Å²) in [6, 6.07) is 10.4. The number of amides is 1. The Hall–Kier alpha value is -3.27. The number of hydrogen-bond donors (Lipinski definition) is 1. The Balaban J connectivity index is 1.48. The fraction of sp³-hybridized carbons (Fsp3) is 0.440. The van der Waals surface area contributed by atoms with E-state index < -0.39 is 22.1 Å². The van der Waals surface area contributed by atoms with Gasteiger partial charge in [-0.25, -0.2) is 13.2 Å². The molecule has 0 saturated carbocycles. The Morgan fingerprint density at radius 3 is 2.40 bits per heavy atom. The van der Waals surface area contributed by atoms with E-state index in [9.17, 15) is 18.0 Å². The van der Waals surface area contributed by atoms with Crippen LogP contribution in [0.2, 0.25) is 0 Å². The third-order valence-corrected chi connectivity index (χ3v) is 7.39. The molecule has 9 nitrogen and oxygen atoms in total. The van der Waals surface area contributed by atoms with Crippen molar-refractivity contribution in [3.05, 3.63) is 48.0 Å². The number of nitrogens with one attached hydrogen (secondary N) is 1. The van der Waals surface area contributed by atoms with Gasteiger partial charge in [0.2, 0.25) is 0 Å². The molecule has 1 amide bonds. The molecule has 10 heteroatoms. The van der Waals surface area contributed by atoms with E-state index in [4.69, 9.17) is 14.2 Å². The molecule has 2 aromatic carbocycles. The molecule has 2 aromatic rings. The lowest BCUT2D eigenvalue weighted by atomic mass is 9.91. The quantitative estimate of drug-likeness (QED) is 0.603. The predicted octanol–water partition coefficient (Wildman–Crippen LogP) is 3.31. The van der Waals surface area contributed by atoms with Crippen LogP contribution in [0.4, 0.5) is 5.69 Å². The molecule has 0 spiro atoms. The fourth-order valence-electron chi connectivity index (χ4n) is 4.52. The summed E-state index contributed by atoms with van der Waals surface area (Å²) < 4.78 is 44.9. The van der Waals surface area contributed by atoms with Crippen molar-refractivity contribution in [3.63, 3.8) is 0 Å². The molecule has 1 saturated heterocycles. The molecule has 1 N–H and O–H groups in total. The van der Waals surface area contributed by atoms with E-state index in [0.29, 0.717) is 49.6 Å². The van der Waals surface area contributed by atoms with Crippen LogP contribution in [-0.2, 0) is 19.6 Å². The number of rotatable bonds is 6. The van der Waals surface area contributed by atoms with E-state index in [0.717, 1.165) is 6.42 Å². The van der Waals surface area contributed by atoms with Crippen molar-refractivity contribution in [2.24, 2.45) is 11.8 Å². The van der Waals surface area contributed by atoms with Gasteiger partial charge >= 0.3 is 5.97 Å². The lowest BCUT2D eigenvalue weighted by Crippen LogP contribution is -2.47. The Bertz CT molecular complexity index is 1200. The summed E-state index contributed by atoms with van der Waals surface area (Å²) >= 11 is 0. The molecule has 2 heterocycles. The molecule has 2 aliphatic rings. The maximum atomic E-state index is 13.0. The van der Waals surface area contributed by atoms with Crippen LogP contribution >= 0.6 is 0 Å². The zero-order chi connectivity index (χ0) is 25.2. The first-order chi connectivity index (χ1) is 16.6. The van der Waals surface area contributed by atoms with E-state index in [1.807, 2.05) is 0 Å². The third kappa shape index (κ3) is 5.70. The van der Waals surface area contributed by atoms with Crippen LogP contribution < -0.4 is 14.2 Å². The number of carbonyl (C=O) groups excluding carboxylic acids is 2. The highest BCUT2D eigenvalue weighted by Crippen LogP contribution is 2.33. The molecular weight excluding hydrogens is 472 g/mol. The summed E-state index contributed by atoms with van der Waals surface area (Å²) in [7, 11) is -4.05. The average Bonchev–Trinajstić information content (AvgIpc) is 2.82. The van der Waals surface area contributed by atoms with E-state index >= 15 is 0 Å². The number of fused-ring (bicyclic) bond motifs is 1. The SMILES string of the molecule is C[C@@H]1C[C@@H](C)CN(C(=O)[C@H](C)OC(=O)c2ccccc2NS(=O)(=O)c2ccc3c(c2)OCCO3)C1. The summed E-state index contributed by atoms with van der Waals surface area (Å²) in [6.07, 6.45) is 0.0527. The van der Waals surface area contributed by atoms with Gasteiger partial charge in [-0.1, -0.05) is 26.0 Å². The number of nitrogens with zero attached hydrogens (tertiary/aromatic N) is 1. The van der Waals surface area contributed by atoms with Crippen molar-refractivity contribution in [1.29, 1.82) is 0 Å². The number of para-hydroxylation sites is 1. The van der Waals surface area contributed by atoms with Crippen LogP contribution in [0, 0.1) is 11.8 Å². The molecule has 2 aliphatic heterocycles. The molecule has 3 atom stereocenters. The third-order valence-electron chi connectivity index (χ3n) is 6.03. The summed E-state index contributed by atoms with van der Waals surface area (Å²) in [5.74, 6) is 0.508. The van der Waals surface area contributed by atoms with E-state index in [-0.39, 0.29) is 22.1 Å². The minimum Gasteiger partial charge on any atom is -0.486 e. The second kappa shape index (κ2) is 10.2. The fourth-order valence-corrected chi connectivity index (χ4v) is 5.61. The standard InChI is InChI=1S/C25H30N2O7S/c1-16-12-17(2)15-27(14-16)24(28)18(3)34-25(29)20-6-4-5-7-21(20)26-35(30,31)19-8-9-22-23(13-19)33-11-10-32-22/h4-9,13,16-18,26H,10-12,14-15H2,1-3H3/t16-,17-,18+/m1/s1. The van der Waals surface area contributed by atoms with Crippen LogP contribution in [0.3, 0.4) is 0 Å². The van der Waals surface area contributed by atoms with Crippen LogP contribution in [0.15, 0.2) is 47.4 Å². The lowest BCUT2D eigenvalue weighted by molar-refractivity contribution is -0.142. The number of sulfonamides is 1. The number of anilines is 1. The normalized spacial score (nSPS) is 20.6. The van der Waals surface area contributed by atoms with Crippen molar-refractivity contribution >= 4 is 27.6 Å². The van der Waals surface area contributed by atoms with Crippen LogP contribution in [0.25, 0.3) is 0 Å². The van der Waals surface area contributed by atoms with Gasteiger partial charge in [0.25, 0.3) is 15.9 Å². The van der Waals surface area contributed by atoms with Gasteiger partial charge in [0.05, 0.1) is 16.1 Å². The van der Waals surface area contributed by atoms with Crippen molar-refractivity contribution < 1.29 is 32.2 Å². The highest BCUT2D eigenvalue weighted by molar-refractivity contribution is 7.92. The molecule has 35 heavy (non-hydrogen) atoms. The molecule has 0 radical (unpaired) electrons. The highest BCUT2D eigenvalue weighted by atomic mass is 32.2. The van der Waals surface area contributed by atoms with Crippen molar-refractivity contribution in [2.75, 3.05) is 31.0 Å². The van der Waals surface area contributed by atoms with Crippen molar-refractivity contribution in [1.82, 2.24) is 4.90 Å². The second-order valence-electron chi connectivity index (χ2n) is 9.19. The number of ether oxygens (including phenoxy) is 3. The maximum absolute atomic E-state index is 13.0. The first-order valence-electron chi connectivity index (χ1n) is 11.7. The predicted molar refractivity (Wildman–Crippen MR) is 129 cm³/mol.